The first kappa shape index (κ1) is 21.1. The Morgan fingerprint density at radius 2 is 1.64 bits per heavy atom. The lowest BCUT2D eigenvalue weighted by molar-refractivity contribution is -0.118. The Labute approximate surface area is 195 Å². The molecule has 1 N–H and O–H groups in total. The minimum atomic E-state index is -0.422. The summed E-state index contributed by atoms with van der Waals surface area (Å²) >= 11 is 1.34. The van der Waals surface area contributed by atoms with Crippen LogP contribution in [0.3, 0.4) is 0 Å². The van der Waals surface area contributed by atoms with E-state index < -0.39 is 6.10 Å². The van der Waals surface area contributed by atoms with Crippen LogP contribution >= 0.6 is 11.8 Å². The molecule has 0 spiro atoms. The standard InChI is InChI=1S/C25H22N4O3S/c30-23(26-15-18-9-3-1-4-10-18)17-33-25-28-27-24(29(25)19-11-5-2-6-12-19)22-16-31-20-13-7-8-14-21(20)32-22/h1-14,22H,15-17H2,(H,26,30). The molecule has 0 saturated carbocycles. The molecule has 33 heavy (non-hydrogen) atoms. The zero-order chi connectivity index (χ0) is 22.5. The number of thioether (sulfide) groups is 1. The number of carbonyl (C=O) groups excluding carboxylic acids is 1. The van der Waals surface area contributed by atoms with Gasteiger partial charge in [0.15, 0.2) is 28.6 Å². The van der Waals surface area contributed by atoms with Crippen LogP contribution in [-0.4, -0.2) is 33.0 Å². The van der Waals surface area contributed by atoms with E-state index in [-0.39, 0.29) is 11.7 Å². The molecular weight excluding hydrogens is 436 g/mol. The highest BCUT2D eigenvalue weighted by Crippen LogP contribution is 2.36. The van der Waals surface area contributed by atoms with Crippen LogP contribution in [0.1, 0.15) is 17.5 Å². The Morgan fingerprint density at radius 3 is 2.42 bits per heavy atom. The molecule has 4 aromatic rings. The first-order chi connectivity index (χ1) is 16.3. The van der Waals surface area contributed by atoms with Gasteiger partial charge in [-0.3, -0.25) is 9.36 Å². The molecule has 1 atom stereocenters. The molecule has 0 saturated heterocycles. The van der Waals surface area contributed by atoms with Gasteiger partial charge in [-0.2, -0.15) is 0 Å². The van der Waals surface area contributed by atoms with Crippen molar-refractivity contribution in [3.63, 3.8) is 0 Å². The van der Waals surface area contributed by atoms with Crippen molar-refractivity contribution in [2.24, 2.45) is 0 Å². The average molecular weight is 459 g/mol. The third kappa shape index (κ3) is 4.85. The molecule has 0 radical (unpaired) electrons. The maximum Gasteiger partial charge on any atom is 0.230 e. The largest absolute Gasteiger partial charge is 0.485 e. The van der Waals surface area contributed by atoms with E-state index in [9.17, 15) is 4.79 Å². The number of nitrogens with one attached hydrogen (secondary N) is 1. The summed E-state index contributed by atoms with van der Waals surface area (Å²) < 4.78 is 14.0. The summed E-state index contributed by atoms with van der Waals surface area (Å²) in [5.41, 5.74) is 1.95. The van der Waals surface area contributed by atoms with Gasteiger partial charge in [-0.05, 0) is 29.8 Å². The van der Waals surface area contributed by atoms with Crippen molar-refractivity contribution in [3.8, 4) is 17.2 Å². The number of fused-ring (bicyclic) bond motifs is 1. The molecule has 8 heteroatoms. The van der Waals surface area contributed by atoms with Gasteiger partial charge in [0.1, 0.15) is 6.61 Å². The van der Waals surface area contributed by atoms with E-state index in [0.29, 0.717) is 35.6 Å². The fraction of sp³-hybridized carbons (Fsp3) is 0.160. The van der Waals surface area contributed by atoms with E-state index in [1.807, 2.05) is 89.5 Å². The van der Waals surface area contributed by atoms with Gasteiger partial charge in [0.2, 0.25) is 5.91 Å². The minimum Gasteiger partial charge on any atom is -0.485 e. The van der Waals surface area contributed by atoms with E-state index in [2.05, 4.69) is 15.5 Å². The van der Waals surface area contributed by atoms with E-state index in [1.165, 1.54) is 11.8 Å². The number of aromatic nitrogens is 3. The maximum absolute atomic E-state index is 12.4. The van der Waals surface area contributed by atoms with E-state index in [1.54, 1.807) is 0 Å². The number of para-hydroxylation sites is 3. The topological polar surface area (TPSA) is 78.3 Å². The van der Waals surface area contributed by atoms with Gasteiger partial charge < -0.3 is 14.8 Å². The molecule has 1 aromatic heterocycles. The second-order valence-electron chi connectivity index (χ2n) is 7.43. The molecular formula is C25H22N4O3S. The number of carbonyl (C=O) groups is 1. The van der Waals surface area contributed by atoms with Gasteiger partial charge >= 0.3 is 0 Å². The molecule has 7 nitrogen and oxygen atoms in total. The third-order valence-corrected chi connectivity index (χ3v) is 6.06. The van der Waals surface area contributed by atoms with E-state index in [0.717, 1.165) is 11.3 Å². The summed E-state index contributed by atoms with van der Waals surface area (Å²) in [5, 5.41) is 12.4. The van der Waals surface area contributed by atoms with Crippen molar-refractivity contribution in [1.82, 2.24) is 20.1 Å². The quantitative estimate of drug-likeness (QED) is 0.419. The molecule has 1 aliphatic rings. The second kappa shape index (κ2) is 9.79. The summed E-state index contributed by atoms with van der Waals surface area (Å²) in [6.45, 7) is 0.813. The smallest absolute Gasteiger partial charge is 0.230 e. The van der Waals surface area contributed by atoms with Gasteiger partial charge in [-0.15, -0.1) is 10.2 Å². The highest BCUT2D eigenvalue weighted by molar-refractivity contribution is 7.99. The van der Waals surface area contributed by atoms with E-state index >= 15 is 0 Å². The van der Waals surface area contributed by atoms with Crippen LogP contribution in [-0.2, 0) is 11.3 Å². The summed E-state index contributed by atoms with van der Waals surface area (Å²) in [4.78, 5) is 12.4. The maximum atomic E-state index is 12.4. The Morgan fingerprint density at radius 1 is 0.939 bits per heavy atom. The fourth-order valence-electron chi connectivity index (χ4n) is 3.53. The lowest BCUT2D eigenvalue weighted by Crippen LogP contribution is -2.25. The summed E-state index contributed by atoms with van der Waals surface area (Å²) in [5.74, 6) is 2.17. The number of benzene rings is 3. The Balaban J connectivity index is 1.34. The number of amides is 1. The molecule has 1 amide bonds. The SMILES string of the molecule is O=C(CSc1nnc(C2COc3ccccc3O2)n1-c1ccccc1)NCc1ccccc1. The summed E-state index contributed by atoms with van der Waals surface area (Å²) in [6.07, 6.45) is -0.422. The van der Waals surface area contributed by atoms with Crippen molar-refractivity contribution in [1.29, 1.82) is 0 Å². The Bertz CT molecular complexity index is 1230. The van der Waals surface area contributed by atoms with Gasteiger partial charge in [0, 0.05) is 12.2 Å². The number of hydrogen-bond donors (Lipinski definition) is 1. The number of rotatable bonds is 7. The van der Waals surface area contributed by atoms with Crippen molar-refractivity contribution < 1.29 is 14.3 Å². The molecule has 1 aliphatic heterocycles. The van der Waals surface area contributed by atoms with Crippen LogP contribution < -0.4 is 14.8 Å². The second-order valence-corrected chi connectivity index (χ2v) is 8.37. The van der Waals surface area contributed by atoms with Crippen molar-refractivity contribution >= 4 is 17.7 Å². The number of nitrogens with zero attached hydrogens (tertiary/aromatic N) is 3. The first-order valence-electron chi connectivity index (χ1n) is 10.6. The van der Waals surface area contributed by atoms with Crippen molar-refractivity contribution in [3.05, 3.63) is 96.3 Å². The normalized spacial score (nSPS) is 14.6. The predicted molar refractivity (Wildman–Crippen MR) is 126 cm³/mol. The van der Waals surface area contributed by atoms with Crippen molar-refractivity contribution in [2.75, 3.05) is 12.4 Å². The number of ether oxygens (including phenoxy) is 2. The Hall–Kier alpha value is -3.78. The van der Waals surface area contributed by atoms with Crippen LogP contribution in [0.25, 0.3) is 5.69 Å². The molecule has 1 unspecified atom stereocenters. The molecule has 5 rings (SSSR count). The zero-order valence-electron chi connectivity index (χ0n) is 17.8. The molecule has 0 aliphatic carbocycles. The zero-order valence-corrected chi connectivity index (χ0v) is 18.6. The fourth-order valence-corrected chi connectivity index (χ4v) is 4.32. The van der Waals surface area contributed by atoms with Crippen LogP contribution in [0.2, 0.25) is 0 Å². The third-order valence-electron chi connectivity index (χ3n) is 5.13. The lowest BCUT2D eigenvalue weighted by atomic mass is 10.2. The predicted octanol–water partition coefficient (Wildman–Crippen LogP) is 4.19. The monoisotopic (exact) mass is 458 g/mol. The molecule has 2 heterocycles. The lowest BCUT2D eigenvalue weighted by Gasteiger charge is -2.26. The summed E-state index contributed by atoms with van der Waals surface area (Å²) in [7, 11) is 0. The highest BCUT2D eigenvalue weighted by atomic mass is 32.2. The first-order valence-corrected chi connectivity index (χ1v) is 11.6. The van der Waals surface area contributed by atoms with Crippen molar-refractivity contribution in [2.45, 2.75) is 17.8 Å². The van der Waals surface area contributed by atoms with Gasteiger partial charge in [-0.25, -0.2) is 0 Å². The Kier molecular flexibility index (Phi) is 6.25. The molecule has 3 aromatic carbocycles. The molecule has 0 bridgehead atoms. The van der Waals surface area contributed by atoms with Gasteiger partial charge in [-0.1, -0.05) is 72.4 Å². The van der Waals surface area contributed by atoms with Crippen LogP contribution in [0.15, 0.2) is 90.1 Å². The molecule has 166 valence electrons. The average Bonchev–Trinajstić information content (AvgIpc) is 3.31. The molecule has 0 fully saturated rings. The highest BCUT2D eigenvalue weighted by Gasteiger charge is 2.29. The van der Waals surface area contributed by atoms with E-state index in [4.69, 9.17) is 9.47 Å². The van der Waals surface area contributed by atoms with Gasteiger partial charge in [0.25, 0.3) is 0 Å². The summed E-state index contributed by atoms with van der Waals surface area (Å²) in [6, 6.07) is 27.2. The van der Waals surface area contributed by atoms with Crippen LogP contribution in [0.5, 0.6) is 11.5 Å². The number of hydrogen-bond acceptors (Lipinski definition) is 6. The minimum absolute atomic E-state index is 0.0702. The van der Waals surface area contributed by atoms with Crippen LogP contribution in [0, 0.1) is 0 Å². The van der Waals surface area contributed by atoms with Gasteiger partial charge in [0.05, 0.1) is 5.75 Å². The van der Waals surface area contributed by atoms with Crippen LogP contribution in [0.4, 0.5) is 0 Å².